The molecular formula is C30H35F7N6O2. The third-order valence-corrected chi connectivity index (χ3v) is 7.37. The highest BCUT2D eigenvalue weighted by atomic mass is 19.4. The molecule has 1 aliphatic rings. The van der Waals surface area contributed by atoms with Gasteiger partial charge < -0.3 is 9.64 Å². The van der Waals surface area contributed by atoms with Gasteiger partial charge in [-0.05, 0) is 99.7 Å². The molecule has 0 N–H and O–H groups in total. The summed E-state index contributed by atoms with van der Waals surface area (Å²) in [5.41, 5.74) is -2.85. The second kappa shape index (κ2) is 12.5. The largest absolute Gasteiger partial charge is 0.446 e. The highest BCUT2D eigenvalue weighted by Gasteiger charge is 2.42. The van der Waals surface area contributed by atoms with Crippen molar-refractivity contribution in [2.75, 3.05) is 9.80 Å². The molecule has 15 heteroatoms. The van der Waals surface area contributed by atoms with E-state index in [0.717, 1.165) is 0 Å². The zero-order valence-corrected chi connectivity index (χ0v) is 25.7. The van der Waals surface area contributed by atoms with Crippen molar-refractivity contribution in [1.82, 2.24) is 20.2 Å². The van der Waals surface area contributed by atoms with Gasteiger partial charge in [0.2, 0.25) is 0 Å². The Hall–Kier alpha value is -3.91. The summed E-state index contributed by atoms with van der Waals surface area (Å²) in [7, 11) is 0. The Balaban J connectivity index is 1.94. The molecule has 246 valence electrons. The fraction of sp³-hybridized carbons (Fsp3) is 0.533. The van der Waals surface area contributed by atoms with Crippen molar-refractivity contribution in [2.24, 2.45) is 0 Å². The average Bonchev–Trinajstić information content (AvgIpc) is 3.44. The van der Waals surface area contributed by atoms with Gasteiger partial charge in [0.1, 0.15) is 6.67 Å². The molecule has 0 aliphatic carbocycles. The second-order valence-corrected chi connectivity index (χ2v) is 12.2. The predicted molar refractivity (Wildman–Crippen MR) is 152 cm³/mol. The summed E-state index contributed by atoms with van der Waals surface area (Å²) < 4.78 is 102. The first-order chi connectivity index (χ1) is 20.8. The number of carbonyl (C=O) groups excluding carboxylic acids is 1. The molecule has 1 aliphatic heterocycles. The lowest BCUT2D eigenvalue weighted by Gasteiger charge is -2.44. The number of halogens is 7. The van der Waals surface area contributed by atoms with E-state index < -0.39 is 66.5 Å². The number of aromatic nitrogens is 4. The average molecular weight is 645 g/mol. The minimum absolute atomic E-state index is 0.0643. The van der Waals surface area contributed by atoms with Crippen LogP contribution in [-0.4, -0.2) is 38.4 Å². The lowest BCUT2D eigenvalue weighted by Crippen LogP contribution is -2.48. The van der Waals surface area contributed by atoms with Crippen LogP contribution in [0, 0.1) is 0 Å². The number of benzene rings is 2. The Labute approximate surface area is 256 Å². The molecule has 4 rings (SSSR count). The predicted octanol–water partition coefficient (Wildman–Crippen LogP) is 8.22. The van der Waals surface area contributed by atoms with E-state index in [-0.39, 0.29) is 29.6 Å². The van der Waals surface area contributed by atoms with Gasteiger partial charge in [-0.1, -0.05) is 18.1 Å². The van der Waals surface area contributed by atoms with Crippen LogP contribution in [-0.2, 0) is 35.8 Å². The number of amides is 1. The Bertz CT molecular complexity index is 1480. The molecule has 2 aromatic carbocycles. The van der Waals surface area contributed by atoms with Gasteiger partial charge in [-0.3, -0.25) is 4.90 Å². The van der Waals surface area contributed by atoms with Crippen LogP contribution < -0.4 is 9.80 Å². The van der Waals surface area contributed by atoms with E-state index in [1.54, 1.807) is 40.7 Å². The topological polar surface area (TPSA) is 76.4 Å². The zero-order valence-electron chi connectivity index (χ0n) is 25.7. The first-order valence-electron chi connectivity index (χ1n) is 14.4. The number of ether oxygens (including phenoxy) is 1. The molecule has 0 bridgehead atoms. The fourth-order valence-electron chi connectivity index (χ4n) is 5.24. The molecule has 0 saturated carbocycles. The molecule has 8 nitrogen and oxygen atoms in total. The van der Waals surface area contributed by atoms with Gasteiger partial charge in [-0.25, -0.2) is 9.18 Å². The number of nitrogens with zero attached hydrogens (tertiary/aromatic N) is 6. The van der Waals surface area contributed by atoms with Gasteiger partial charge in [0, 0.05) is 12.6 Å². The minimum Gasteiger partial charge on any atom is -0.446 e. The lowest BCUT2D eigenvalue weighted by molar-refractivity contribution is -0.143. The number of hydrogen-bond donors (Lipinski definition) is 0. The molecule has 1 aromatic heterocycles. The van der Waals surface area contributed by atoms with Crippen molar-refractivity contribution in [3.05, 3.63) is 64.2 Å². The standard InChI is InChI=1S/C30H35F7N6O2/c1-7-22-14-25(23-12-18(15-31)8-9-24(23)42(22)27(44)45-17(2)3)41(26-38-40-43(39-26)28(4,5)6)16-19-10-20(29(32,33)34)13-21(11-19)30(35,36)37/h8-13,17,22,25H,7,14-16H2,1-6H3/t22-,25+/m1/s1. The van der Waals surface area contributed by atoms with Crippen molar-refractivity contribution in [3.63, 3.8) is 0 Å². The van der Waals surface area contributed by atoms with Crippen molar-refractivity contribution in [3.8, 4) is 0 Å². The monoisotopic (exact) mass is 644 g/mol. The summed E-state index contributed by atoms with van der Waals surface area (Å²) in [4.78, 5) is 17.5. The van der Waals surface area contributed by atoms with Gasteiger partial charge in [0.25, 0.3) is 5.95 Å². The SMILES string of the molecule is CC[C@@H]1C[C@H](N(Cc2cc(C(F)(F)F)cc(C(F)(F)F)c2)c2nnn(C(C)(C)C)n2)c2cc(CF)ccc2N1C(=O)OC(C)C. The molecular weight excluding hydrogens is 609 g/mol. The molecule has 1 amide bonds. The molecule has 0 saturated heterocycles. The maximum absolute atomic E-state index is 13.9. The lowest BCUT2D eigenvalue weighted by atomic mass is 9.87. The Kier molecular flexibility index (Phi) is 9.41. The minimum atomic E-state index is -5.05. The molecule has 3 aromatic rings. The zero-order chi connectivity index (χ0) is 33.5. The first-order valence-corrected chi connectivity index (χ1v) is 14.4. The van der Waals surface area contributed by atoms with Crippen LogP contribution >= 0.6 is 0 Å². The van der Waals surface area contributed by atoms with Crippen LogP contribution in [0.15, 0.2) is 36.4 Å². The van der Waals surface area contributed by atoms with Gasteiger partial charge in [-0.15, -0.1) is 5.10 Å². The first kappa shape index (κ1) is 34.0. The Morgan fingerprint density at radius 1 is 1.00 bits per heavy atom. The number of tetrazole rings is 1. The van der Waals surface area contributed by atoms with E-state index in [2.05, 4.69) is 15.4 Å². The summed E-state index contributed by atoms with van der Waals surface area (Å²) >= 11 is 0. The molecule has 2 heterocycles. The summed E-state index contributed by atoms with van der Waals surface area (Å²) in [5.74, 6) is -0.0643. The highest BCUT2D eigenvalue weighted by Crippen LogP contribution is 2.45. The summed E-state index contributed by atoms with van der Waals surface area (Å²) in [6.45, 7) is 9.25. The van der Waals surface area contributed by atoms with Gasteiger partial charge >= 0.3 is 18.4 Å². The third kappa shape index (κ3) is 7.50. The fourth-order valence-corrected chi connectivity index (χ4v) is 5.24. The normalized spacial score (nSPS) is 17.4. The van der Waals surface area contributed by atoms with Crippen molar-refractivity contribution in [1.29, 1.82) is 0 Å². The highest BCUT2D eigenvalue weighted by molar-refractivity contribution is 5.90. The Morgan fingerprint density at radius 3 is 2.11 bits per heavy atom. The van der Waals surface area contributed by atoms with E-state index in [0.29, 0.717) is 29.8 Å². The van der Waals surface area contributed by atoms with E-state index in [9.17, 15) is 35.5 Å². The van der Waals surface area contributed by atoms with E-state index in [1.165, 1.54) is 26.7 Å². The van der Waals surface area contributed by atoms with E-state index >= 15 is 0 Å². The van der Waals surface area contributed by atoms with E-state index in [4.69, 9.17) is 4.74 Å². The van der Waals surface area contributed by atoms with Gasteiger partial charge in [-0.2, -0.15) is 31.1 Å². The molecule has 45 heavy (non-hydrogen) atoms. The number of carbonyl (C=O) groups is 1. The Morgan fingerprint density at radius 2 is 1.62 bits per heavy atom. The van der Waals surface area contributed by atoms with E-state index in [1.807, 2.05) is 6.92 Å². The molecule has 0 unspecified atom stereocenters. The summed E-state index contributed by atoms with van der Waals surface area (Å²) in [6.07, 6.45) is -10.6. The maximum atomic E-state index is 13.9. The number of hydrogen-bond acceptors (Lipinski definition) is 6. The summed E-state index contributed by atoms with van der Waals surface area (Å²) in [5, 5.41) is 12.7. The number of anilines is 2. The van der Waals surface area contributed by atoms with Crippen molar-refractivity contribution < 1.29 is 40.3 Å². The number of fused-ring (bicyclic) bond motifs is 1. The number of alkyl halides is 7. The van der Waals surface area contributed by atoms with Crippen molar-refractivity contribution >= 4 is 17.7 Å². The molecule has 0 fully saturated rings. The molecule has 0 radical (unpaired) electrons. The van der Waals surface area contributed by atoms with Crippen LogP contribution in [0.3, 0.4) is 0 Å². The quantitative estimate of drug-likeness (QED) is 0.241. The van der Waals surface area contributed by atoms with Crippen LogP contribution in [0.2, 0.25) is 0 Å². The molecule has 0 spiro atoms. The summed E-state index contributed by atoms with van der Waals surface area (Å²) in [6, 6.07) is 4.66. The smallest absolute Gasteiger partial charge is 0.416 e. The van der Waals surface area contributed by atoms with Crippen LogP contribution in [0.25, 0.3) is 0 Å². The van der Waals surface area contributed by atoms with Crippen molar-refractivity contribution in [2.45, 2.75) is 104 Å². The third-order valence-electron chi connectivity index (χ3n) is 7.37. The van der Waals surface area contributed by atoms with Gasteiger partial charge in [0.05, 0.1) is 34.5 Å². The number of rotatable bonds is 7. The van der Waals surface area contributed by atoms with Gasteiger partial charge in [0.15, 0.2) is 0 Å². The van der Waals surface area contributed by atoms with Crippen LogP contribution in [0.1, 0.15) is 88.2 Å². The van der Waals surface area contributed by atoms with Crippen LogP contribution in [0.4, 0.5) is 47.2 Å². The molecule has 2 atom stereocenters. The van der Waals surface area contributed by atoms with Crippen LogP contribution in [0.5, 0.6) is 0 Å². The second-order valence-electron chi connectivity index (χ2n) is 12.2. The maximum Gasteiger partial charge on any atom is 0.416 e.